The van der Waals surface area contributed by atoms with Crippen LogP contribution in [0.25, 0.3) is 0 Å². The number of nitrogens with zero attached hydrogens (tertiary/aromatic N) is 1. The molecule has 1 aromatic heterocycles. The summed E-state index contributed by atoms with van der Waals surface area (Å²) < 4.78 is 5.52. The second-order valence-electron chi connectivity index (χ2n) is 4.11. The molecule has 1 aliphatic heterocycles. The largest absolute Gasteiger partial charge is 0.377 e. The third kappa shape index (κ3) is 2.55. The van der Waals surface area contributed by atoms with Gasteiger partial charge in [0.25, 0.3) is 0 Å². The van der Waals surface area contributed by atoms with E-state index in [2.05, 4.69) is 30.2 Å². The summed E-state index contributed by atoms with van der Waals surface area (Å²) in [7, 11) is 0. The highest BCUT2D eigenvalue weighted by Crippen LogP contribution is 2.17. The van der Waals surface area contributed by atoms with Gasteiger partial charge in [0.05, 0.1) is 11.8 Å². The molecule has 2 rings (SSSR count). The molecule has 0 aliphatic carbocycles. The molecule has 15 heavy (non-hydrogen) atoms. The predicted molar refractivity (Wildman–Crippen MR) is 59.6 cm³/mol. The Morgan fingerprint density at radius 1 is 1.53 bits per heavy atom. The molecule has 2 unspecified atom stereocenters. The fraction of sp³-hybridized carbons (Fsp3) is 0.583. The Kier molecular flexibility index (Phi) is 3.34. The number of aromatic nitrogens is 1. The van der Waals surface area contributed by atoms with Crippen LogP contribution < -0.4 is 5.32 Å². The van der Waals surface area contributed by atoms with Gasteiger partial charge in [-0.1, -0.05) is 6.07 Å². The molecule has 3 nitrogen and oxygen atoms in total. The van der Waals surface area contributed by atoms with Gasteiger partial charge in [-0.15, -0.1) is 0 Å². The summed E-state index contributed by atoms with van der Waals surface area (Å²) in [6.07, 6.45) is 3.25. The fourth-order valence-electron chi connectivity index (χ4n) is 1.99. The average Bonchev–Trinajstić information content (AvgIpc) is 2.66. The van der Waals surface area contributed by atoms with Crippen LogP contribution in [0.2, 0.25) is 0 Å². The van der Waals surface area contributed by atoms with E-state index in [1.54, 1.807) is 0 Å². The maximum absolute atomic E-state index is 5.52. The van der Waals surface area contributed by atoms with Crippen molar-refractivity contribution in [2.75, 3.05) is 6.61 Å². The van der Waals surface area contributed by atoms with Gasteiger partial charge in [-0.3, -0.25) is 4.98 Å². The predicted octanol–water partition coefficient (Wildman–Crippen LogP) is 1.91. The molecular formula is C12H18N2O. The zero-order valence-electron chi connectivity index (χ0n) is 9.31. The molecule has 0 amide bonds. The molecule has 82 valence electrons. The average molecular weight is 206 g/mol. The lowest BCUT2D eigenvalue weighted by Gasteiger charge is -2.21. The Labute approximate surface area is 90.9 Å². The molecule has 1 aromatic rings. The Hall–Kier alpha value is -0.930. The summed E-state index contributed by atoms with van der Waals surface area (Å²) >= 11 is 0. The monoisotopic (exact) mass is 206 g/mol. The van der Waals surface area contributed by atoms with Crippen molar-refractivity contribution in [3.63, 3.8) is 0 Å². The van der Waals surface area contributed by atoms with E-state index in [1.165, 1.54) is 0 Å². The molecule has 0 radical (unpaired) electrons. The van der Waals surface area contributed by atoms with Crippen molar-refractivity contribution in [2.45, 2.75) is 38.5 Å². The van der Waals surface area contributed by atoms with E-state index in [1.807, 2.05) is 18.3 Å². The van der Waals surface area contributed by atoms with Crippen LogP contribution in [-0.4, -0.2) is 23.7 Å². The van der Waals surface area contributed by atoms with Crippen molar-refractivity contribution >= 4 is 0 Å². The van der Waals surface area contributed by atoms with Gasteiger partial charge >= 0.3 is 0 Å². The van der Waals surface area contributed by atoms with Crippen LogP contribution in [0.4, 0.5) is 0 Å². The van der Waals surface area contributed by atoms with Crippen molar-refractivity contribution < 1.29 is 4.74 Å². The molecule has 0 spiro atoms. The van der Waals surface area contributed by atoms with Gasteiger partial charge in [-0.05, 0) is 32.4 Å². The van der Waals surface area contributed by atoms with Crippen molar-refractivity contribution in [1.82, 2.24) is 10.3 Å². The first kappa shape index (κ1) is 10.6. The highest BCUT2D eigenvalue weighted by molar-refractivity contribution is 5.08. The van der Waals surface area contributed by atoms with Gasteiger partial charge in [0.1, 0.15) is 0 Å². The summed E-state index contributed by atoms with van der Waals surface area (Å²) in [5.41, 5.74) is 1.09. The molecule has 1 saturated heterocycles. The third-order valence-corrected chi connectivity index (χ3v) is 2.97. The van der Waals surface area contributed by atoms with E-state index in [0.29, 0.717) is 18.2 Å². The maximum atomic E-state index is 5.52. The molecule has 1 fully saturated rings. The van der Waals surface area contributed by atoms with Crippen LogP contribution in [0.15, 0.2) is 24.4 Å². The lowest BCUT2D eigenvalue weighted by Crippen LogP contribution is -2.36. The minimum absolute atomic E-state index is 0.292. The van der Waals surface area contributed by atoms with Crippen LogP contribution >= 0.6 is 0 Å². The SMILES string of the molecule is CC1OCCC1N[C@@H](C)c1ccccn1. The van der Waals surface area contributed by atoms with Crippen molar-refractivity contribution in [1.29, 1.82) is 0 Å². The van der Waals surface area contributed by atoms with E-state index in [0.717, 1.165) is 18.7 Å². The molecule has 0 bridgehead atoms. The number of rotatable bonds is 3. The van der Waals surface area contributed by atoms with Crippen molar-refractivity contribution in [3.05, 3.63) is 30.1 Å². The van der Waals surface area contributed by atoms with E-state index < -0.39 is 0 Å². The molecule has 0 aromatic carbocycles. The second kappa shape index (κ2) is 4.73. The summed E-state index contributed by atoms with van der Waals surface area (Å²) in [5.74, 6) is 0. The zero-order valence-corrected chi connectivity index (χ0v) is 9.31. The maximum Gasteiger partial charge on any atom is 0.0700 e. The Bertz CT molecular complexity index is 302. The lowest BCUT2D eigenvalue weighted by molar-refractivity contribution is 0.111. The van der Waals surface area contributed by atoms with Crippen molar-refractivity contribution in [2.24, 2.45) is 0 Å². The molecule has 1 N–H and O–H groups in total. The van der Waals surface area contributed by atoms with Gasteiger partial charge in [-0.25, -0.2) is 0 Å². The van der Waals surface area contributed by atoms with Crippen LogP contribution in [-0.2, 0) is 4.74 Å². The van der Waals surface area contributed by atoms with E-state index >= 15 is 0 Å². The lowest BCUT2D eigenvalue weighted by atomic mass is 10.1. The van der Waals surface area contributed by atoms with Gasteiger partial charge < -0.3 is 10.1 Å². The zero-order chi connectivity index (χ0) is 10.7. The number of pyridine rings is 1. The van der Waals surface area contributed by atoms with Crippen LogP contribution in [0.3, 0.4) is 0 Å². The summed E-state index contributed by atoms with van der Waals surface area (Å²) in [6.45, 7) is 5.14. The summed E-state index contributed by atoms with van der Waals surface area (Å²) in [6, 6.07) is 6.77. The Morgan fingerprint density at radius 2 is 2.40 bits per heavy atom. The first-order valence-corrected chi connectivity index (χ1v) is 5.56. The molecule has 1 aliphatic rings. The van der Waals surface area contributed by atoms with E-state index in [9.17, 15) is 0 Å². The fourth-order valence-corrected chi connectivity index (χ4v) is 1.99. The standard InChI is InChI=1S/C12H18N2O/c1-9(11-5-3-4-7-13-11)14-12-6-8-15-10(12)2/h3-5,7,9-10,12,14H,6,8H2,1-2H3/t9-,10?,12?/m0/s1. The van der Waals surface area contributed by atoms with Crippen molar-refractivity contribution in [3.8, 4) is 0 Å². The number of hydrogen-bond donors (Lipinski definition) is 1. The van der Waals surface area contributed by atoms with Crippen LogP contribution in [0, 0.1) is 0 Å². The number of ether oxygens (including phenoxy) is 1. The Morgan fingerprint density at radius 3 is 3.00 bits per heavy atom. The number of nitrogens with one attached hydrogen (secondary N) is 1. The highest BCUT2D eigenvalue weighted by Gasteiger charge is 2.25. The van der Waals surface area contributed by atoms with Gasteiger partial charge in [0.2, 0.25) is 0 Å². The molecule has 0 saturated carbocycles. The van der Waals surface area contributed by atoms with Crippen LogP contribution in [0.1, 0.15) is 32.0 Å². The van der Waals surface area contributed by atoms with Gasteiger partial charge in [0.15, 0.2) is 0 Å². The second-order valence-corrected chi connectivity index (χ2v) is 4.11. The third-order valence-electron chi connectivity index (χ3n) is 2.97. The molecule has 3 heteroatoms. The molecule has 3 atom stereocenters. The molecule has 2 heterocycles. The van der Waals surface area contributed by atoms with E-state index in [-0.39, 0.29) is 0 Å². The first-order valence-electron chi connectivity index (χ1n) is 5.56. The normalized spacial score (nSPS) is 27.9. The Balaban J connectivity index is 1.95. The molecular weight excluding hydrogens is 188 g/mol. The van der Waals surface area contributed by atoms with Gasteiger partial charge in [-0.2, -0.15) is 0 Å². The quantitative estimate of drug-likeness (QED) is 0.820. The summed E-state index contributed by atoms with van der Waals surface area (Å²) in [5, 5.41) is 3.56. The topological polar surface area (TPSA) is 34.1 Å². The van der Waals surface area contributed by atoms with Gasteiger partial charge in [0, 0.05) is 24.9 Å². The number of hydrogen-bond acceptors (Lipinski definition) is 3. The van der Waals surface area contributed by atoms with Crippen LogP contribution in [0.5, 0.6) is 0 Å². The van der Waals surface area contributed by atoms with E-state index in [4.69, 9.17) is 4.74 Å². The minimum Gasteiger partial charge on any atom is -0.377 e. The summed E-state index contributed by atoms with van der Waals surface area (Å²) in [4.78, 5) is 4.34. The highest BCUT2D eigenvalue weighted by atomic mass is 16.5. The first-order chi connectivity index (χ1) is 7.27. The smallest absolute Gasteiger partial charge is 0.0700 e. The minimum atomic E-state index is 0.292.